The molecule has 0 aliphatic carbocycles. The SMILES string of the molecule is C=C(C)[C@@H]1CC(=O)N[C@@H]1COC(C)C. The van der Waals surface area contributed by atoms with Gasteiger partial charge >= 0.3 is 0 Å². The molecule has 3 nitrogen and oxygen atoms in total. The topological polar surface area (TPSA) is 38.3 Å². The molecular weight excluding hydrogens is 178 g/mol. The molecule has 1 aliphatic rings. The molecule has 1 saturated heterocycles. The predicted octanol–water partition coefficient (Wildman–Crippen LogP) is 1.49. The summed E-state index contributed by atoms with van der Waals surface area (Å²) in [6.07, 6.45) is 0.764. The fourth-order valence-electron chi connectivity index (χ4n) is 1.68. The summed E-state index contributed by atoms with van der Waals surface area (Å²) in [5.41, 5.74) is 1.06. The number of amides is 1. The zero-order valence-electron chi connectivity index (χ0n) is 9.17. The second kappa shape index (κ2) is 4.60. The van der Waals surface area contributed by atoms with E-state index < -0.39 is 0 Å². The molecule has 1 fully saturated rings. The molecule has 80 valence electrons. The number of hydrogen-bond acceptors (Lipinski definition) is 2. The van der Waals surface area contributed by atoms with Crippen molar-refractivity contribution in [3.8, 4) is 0 Å². The van der Waals surface area contributed by atoms with Crippen LogP contribution in [0.15, 0.2) is 12.2 Å². The minimum absolute atomic E-state index is 0.107. The van der Waals surface area contributed by atoms with E-state index in [1.807, 2.05) is 20.8 Å². The molecule has 0 saturated carbocycles. The van der Waals surface area contributed by atoms with E-state index in [-0.39, 0.29) is 24.0 Å². The highest BCUT2D eigenvalue weighted by molar-refractivity contribution is 5.79. The van der Waals surface area contributed by atoms with Gasteiger partial charge in [-0.15, -0.1) is 0 Å². The van der Waals surface area contributed by atoms with Gasteiger partial charge in [-0.2, -0.15) is 0 Å². The molecular formula is C11H19NO2. The summed E-state index contributed by atoms with van der Waals surface area (Å²) in [6, 6.07) is 0.113. The second-order valence-corrected chi connectivity index (χ2v) is 4.21. The Labute approximate surface area is 85.5 Å². The van der Waals surface area contributed by atoms with E-state index in [4.69, 9.17) is 4.74 Å². The number of hydrogen-bond donors (Lipinski definition) is 1. The third-order valence-corrected chi connectivity index (χ3v) is 2.48. The standard InChI is InChI=1S/C11H19NO2/c1-7(2)9-5-11(13)12-10(9)6-14-8(3)4/h8-10H,1,5-6H2,2-4H3,(H,12,13)/t9-,10+/m0/s1. The Morgan fingerprint density at radius 2 is 2.36 bits per heavy atom. The van der Waals surface area contributed by atoms with Gasteiger partial charge in [-0.3, -0.25) is 4.79 Å². The van der Waals surface area contributed by atoms with Crippen molar-refractivity contribution < 1.29 is 9.53 Å². The highest BCUT2D eigenvalue weighted by Crippen LogP contribution is 2.23. The number of rotatable bonds is 4. The second-order valence-electron chi connectivity index (χ2n) is 4.21. The van der Waals surface area contributed by atoms with Gasteiger partial charge in [-0.25, -0.2) is 0 Å². The van der Waals surface area contributed by atoms with Crippen molar-refractivity contribution in [1.82, 2.24) is 5.32 Å². The molecule has 2 atom stereocenters. The average molecular weight is 197 g/mol. The van der Waals surface area contributed by atoms with Crippen molar-refractivity contribution in [3.05, 3.63) is 12.2 Å². The maximum absolute atomic E-state index is 11.2. The Bertz CT molecular complexity index is 235. The van der Waals surface area contributed by atoms with E-state index in [1.165, 1.54) is 0 Å². The summed E-state index contributed by atoms with van der Waals surface area (Å²) < 4.78 is 5.50. The Kier molecular flexibility index (Phi) is 3.69. The van der Waals surface area contributed by atoms with E-state index >= 15 is 0 Å². The Morgan fingerprint density at radius 3 is 2.86 bits per heavy atom. The van der Waals surface area contributed by atoms with E-state index in [0.29, 0.717) is 13.0 Å². The molecule has 1 heterocycles. The molecule has 0 bridgehead atoms. The van der Waals surface area contributed by atoms with Crippen LogP contribution in [0.1, 0.15) is 27.2 Å². The van der Waals surface area contributed by atoms with Gasteiger partial charge < -0.3 is 10.1 Å². The van der Waals surface area contributed by atoms with E-state index in [9.17, 15) is 4.79 Å². The first-order chi connectivity index (χ1) is 6.50. The van der Waals surface area contributed by atoms with Crippen LogP contribution in [0.3, 0.4) is 0 Å². The number of carbonyl (C=O) groups is 1. The molecule has 1 N–H and O–H groups in total. The van der Waals surface area contributed by atoms with Gasteiger partial charge in [0.1, 0.15) is 0 Å². The zero-order chi connectivity index (χ0) is 10.7. The van der Waals surface area contributed by atoms with Crippen LogP contribution in [0.2, 0.25) is 0 Å². The van der Waals surface area contributed by atoms with Crippen molar-refractivity contribution in [3.63, 3.8) is 0 Å². The summed E-state index contributed by atoms with van der Waals surface area (Å²) in [7, 11) is 0. The predicted molar refractivity (Wildman–Crippen MR) is 55.9 cm³/mol. The molecule has 14 heavy (non-hydrogen) atoms. The summed E-state index contributed by atoms with van der Waals surface area (Å²) in [6.45, 7) is 10.4. The average Bonchev–Trinajstić information content (AvgIpc) is 2.43. The number of carbonyl (C=O) groups excluding carboxylic acids is 1. The minimum atomic E-state index is 0.107. The number of ether oxygens (including phenoxy) is 1. The molecule has 0 radical (unpaired) electrons. The van der Waals surface area contributed by atoms with Crippen LogP contribution < -0.4 is 5.32 Å². The summed E-state index contributed by atoms with van der Waals surface area (Å²) >= 11 is 0. The summed E-state index contributed by atoms with van der Waals surface area (Å²) in [5, 5.41) is 2.92. The molecule has 0 aromatic rings. The van der Waals surface area contributed by atoms with Gasteiger partial charge in [-0.05, 0) is 20.8 Å². The molecule has 0 unspecified atom stereocenters. The first kappa shape index (κ1) is 11.2. The third kappa shape index (κ3) is 2.84. The van der Waals surface area contributed by atoms with Crippen LogP contribution in [-0.2, 0) is 9.53 Å². The molecule has 0 aromatic heterocycles. The Balaban J connectivity index is 2.49. The quantitative estimate of drug-likeness (QED) is 0.693. The zero-order valence-corrected chi connectivity index (χ0v) is 9.17. The Morgan fingerprint density at radius 1 is 1.71 bits per heavy atom. The van der Waals surface area contributed by atoms with Crippen molar-refractivity contribution in [1.29, 1.82) is 0 Å². The molecule has 3 heteroatoms. The molecule has 1 aliphatic heterocycles. The third-order valence-electron chi connectivity index (χ3n) is 2.48. The van der Waals surface area contributed by atoms with Crippen molar-refractivity contribution in [2.45, 2.75) is 39.3 Å². The van der Waals surface area contributed by atoms with Crippen LogP contribution in [0, 0.1) is 5.92 Å². The highest BCUT2D eigenvalue weighted by atomic mass is 16.5. The Hall–Kier alpha value is -0.830. The summed E-state index contributed by atoms with van der Waals surface area (Å²) in [4.78, 5) is 11.2. The first-order valence-electron chi connectivity index (χ1n) is 5.07. The van der Waals surface area contributed by atoms with Crippen LogP contribution >= 0.6 is 0 Å². The lowest BCUT2D eigenvalue weighted by molar-refractivity contribution is -0.119. The lowest BCUT2D eigenvalue weighted by Gasteiger charge is -2.20. The van der Waals surface area contributed by atoms with Gasteiger partial charge in [0.25, 0.3) is 0 Å². The molecule has 0 spiro atoms. The maximum atomic E-state index is 11.2. The van der Waals surface area contributed by atoms with Crippen molar-refractivity contribution in [2.75, 3.05) is 6.61 Å². The van der Waals surface area contributed by atoms with E-state index in [1.54, 1.807) is 0 Å². The number of nitrogens with one attached hydrogen (secondary N) is 1. The lowest BCUT2D eigenvalue weighted by atomic mass is 9.94. The minimum Gasteiger partial charge on any atom is -0.377 e. The lowest BCUT2D eigenvalue weighted by Crippen LogP contribution is -2.34. The van der Waals surface area contributed by atoms with E-state index in [2.05, 4.69) is 11.9 Å². The fraction of sp³-hybridized carbons (Fsp3) is 0.727. The molecule has 1 rings (SSSR count). The van der Waals surface area contributed by atoms with Gasteiger partial charge in [0.2, 0.25) is 5.91 Å². The van der Waals surface area contributed by atoms with Crippen molar-refractivity contribution >= 4 is 5.91 Å². The molecule has 0 aromatic carbocycles. The molecule has 1 amide bonds. The van der Waals surface area contributed by atoms with Gasteiger partial charge in [0.05, 0.1) is 18.8 Å². The highest BCUT2D eigenvalue weighted by Gasteiger charge is 2.32. The smallest absolute Gasteiger partial charge is 0.220 e. The van der Waals surface area contributed by atoms with Crippen LogP contribution in [0.5, 0.6) is 0 Å². The van der Waals surface area contributed by atoms with Crippen LogP contribution in [0.4, 0.5) is 0 Å². The fourth-order valence-corrected chi connectivity index (χ4v) is 1.68. The monoisotopic (exact) mass is 197 g/mol. The summed E-state index contributed by atoms with van der Waals surface area (Å²) in [5.74, 6) is 0.344. The van der Waals surface area contributed by atoms with Crippen molar-refractivity contribution in [2.24, 2.45) is 5.92 Å². The largest absolute Gasteiger partial charge is 0.377 e. The van der Waals surface area contributed by atoms with Gasteiger partial charge in [0.15, 0.2) is 0 Å². The van der Waals surface area contributed by atoms with Gasteiger partial charge in [-0.1, -0.05) is 12.2 Å². The normalized spacial score (nSPS) is 26.7. The first-order valence-corrected chi connectivity index (χ1v) is 5.07. The maximum Gasteiger partial charge on any atom is 0.220 e. The van der Waals surface area contributed by atoms with Crippen LogP contribution in [0.25, 0.3) is 0 Å². The van der Waals surface area contributed by atoms with E-state index in [0.717, 1.165) is 5.57 Å². The van der Waals surface area contributed by atoms with Gasteiger partial charge in [0, 0.05) is 12.3 Å². The van der Waals surface area contributed by atoms with Crippen LogP contribution in [-0.4, -0.2) is 24.7 Å².